The van der Waals surface area contributed by atoms with E-state index in [1.165, 1.54) is 0 Å². The summed E-state index contributed by atoms with van der Waals surface area (Å²) in [5.41, 5.74) is 0.828. The number of methoxy groups -OCH3 is 2. The fourth-order valence-corrected chi connectivity index (χ4v) is 1.50. The zero-order chi connectivity index (χ0) is 12.0. The summed E-state index contributed by atoms with van der Waals surface area (Å²) < 4.78 is 10.3. The summed E-state index contributed by atoms with van der Waals surface area (Å²) in [5.74, 6) is 0.912. The van der Waals surface area contributed by atoms with Gasteiger partial charge in [0.15, 0.2) is 11.5 Å². The molecule has 0 aliphatic carbocycles. The Morgan fingerprint density at radius 1 is 1.31 bits per heavy atom. The van der Waals surface area contributed by atoms with Crippen LogP contribution < -0.4 is 9.47 Å². The largest absolute Gasteiger partial charge is 0.493 e. The van der Waals surface area contributed by atoms with Crippen LogP contribution in [0.3, 0.4) is 0 Å². The summed E-state index contributed by atoms with van der Waals surface area (Å²) in [4.78, 5) is 0. The van der Waals surface area contributed by atoms with E-state index in [4.69, 9.17) is 19.8 Å². The van der Waals surface area contributed by atoms with Crippen molar-refractivity contribution in [1.82, 2.24) is 0 Å². The van der Waals surface area contributed by atoms with Crippen molar-refractivity contribution in [2.24, 2.45) is 0 Å². The standard InChI is InChI=1S/C12H15NO3/c1-15-11-4-3-9(7-12(11)16-2)10(8-13)5-6-14/h3-4,7,10,14H,5-6H2,1-2H3. The van der Waals surface area contributed by atoms with Gasteiger partial charge in [0.05, 0.1) is 26.2 Å². The predicted octanol–water partition coefficient (Wildman–Crippen LogP) is 1.69. The lowest BCUT2D eigenvalue weighted by Gasteiger charge is -2.12. The van der Waals surface area contributed by atoms with Crippen LogP contribution in [0, 0.1) is 11.3 Å². The van der Waals surface area contributed by atoms with Gasteiger partial charge in [-0.25, -0.2) is 0 Å². The molecule has 1 N–H and O–H groups in total. The van der Waals surface area contributed by atoms with Crippen molar-refractivity contribution >= 4 is 0 Å². The van der Waals surface area contributed by atoms with Gasteiger partial charge in [-0.3, -0.25) is 0 Å². The summed E-state index contributed by atoms with van der Waals surface area (Å²) in [6, 6.07) is 7.49. The highest BCUT2D eigenvalue weighted by molar-refractivity contribution is 5.44. The quantitative estimate of drug-likeness (QED) is 0.821. The molecule has 0 fully saturated rings. The number of benzene rings is 1. The lowest BCUT2D eigenvalue weighted by Crippen LogP contribution is -2.00. The minimum absolute atomic E-state index is 0.00737. The van der Waals surface area contributed by atoms with Gasteiger partial charge in [-0.15, -0.1) is 0 Å². The highest BCUT2D eigenvalue weighted by atomic mass is 16.5. The highest BCUT2D eigenvalue weighted by Crippen LogP contribution is 2.31. The van der Waals surface area contributed by atoms with Crippen molar-refractivity contribution in [1.29, 1.82) is 5.26 Å². The van der Waals surface area contributed by atoms with Gasteiger partial charge in [0.25, 0.3) is 0 Å². The van der Waals surface area contributed by atoms with Crippen molar-refractivity contribution in [3.05, 3.63) is 23.8 Å². The Balaban J connectivity index is 3.02. The van der Waals surface area contributed by atoms with Crippen LogP contribution in [0.25, 0.3) is 0 Å². The Morgan fingerprint density at radius 2 is 2.00 bits per heavy atom. The second-order valence-electron chi connectivity index (χ2n) is 3.31. The van der Waals surface area contributed by atoms with Crippen LogP contribution in [0.1, 0.15) is 17.9 Å². The number of aliphatic hydroxyl groups excluding tert-OH is 1. The Labute approximate surface area is 95.0 Å². The van der Waals surface area contributed by atoms with Crippen LogP contribution in [-0.4, -0.2) is 25.9 Å². The number of rotatable bonds is 5. The predicted molar refractivity (Wildman–Crippen MR) is 59.6 cm³/mol. The number of nitrogens with zero attached hydrogens (tertiary/aromatic N) is 1. The van der Waals surface area contributed by atoms with Crippen molar-refractivity contribution in [2.75, 3.05) is 20.8 Å². The monoisotopic (exact) mass is 221 g/mol. The van der Waals surface area contributed by atoms with E-state index in [1.54, 1.807) is 26.4 Å². The van der Waals surface area contributed by atoms with E-state index >= 15 is 0 Å². The summed E-state index contributed by atoms with van der Waals surface area (Å²) in [6.45, 7) is -0.00737. The molecule has 1 aromatic carbocycles. The summed E-state index contributed by atoms with van der Waals surface area (Å²) in [5, 5.41) is 17.8. The lowest BCUT2D eigenvalue weighted by molar-refractivity contribution is 0.283. The molecule has 0 saturated carbocycles. The summed E-state index contributed by atoms with van der Waals surface area (Å²) in [7, 11) is 3.11. The molecular formula is C12H15NO3. The van der Waals surface area contributed by atoms with Gasteiger partial charge >= 0.3 is 0 Å². The Kier molecular flexibility index (Phi) is 4.62. The molecule has 4 nitrogen and oxygen atoms in total. The van der Waals surface area contributed by atoms with Crippen LogP contribution in [0.15, 0.2) is 18.2 Å². The SMILES string of the molecule is COc1ccc(C(C#N)CCO)cc1OC. The Hall–Kier alpha value is -1.73. The second kappa shape index (κ2) is 5.99. The van der Waals surface area contributed by atoms with Crippen molar-refractivity contribution in [2.45, 2.75) is 12.3 Å². The molecule has 0 aliphatic rings. The third-order valence-corrected chi connectivity index (χ3v) is 2.38. The molecule has 0 saturated heterocycles. The van der Waals surface area contributed by atoms with Crippen LogP contribution in [0.2, 0.25) is 0 Å². The number of hydrogen-bond acceptors (Lipinski definition) is 4. The van der Waals surface area contributed by atoms with Crippen molar-refractivity contribution < 1.29 is 14.6 Å². The number of ether oxygens (including phenoxy) is 2. The fourth-order valence-electron chi connectivity index (χ4n) is 1.50. The first-order valence-corrected chi connectivity index (χ1v) is 4.99. The van der Waals surface area contributed by atoms with Crippen LogP contribution in [0.4, 0.5) is 0 Å². The summed E-state index contributed by atoms with van der Waals surface area (Å²) in [6.07, 6.45) is 0.423. The molecule has 0 aromatic heterocycles. The van der Waals surface area contributed by atoms with E-state index in [0.29, 0.717) is 17.9 Å². The van der Waals surface area contributed by atoms with Gasteiger partial charge < -0.3 is 14.6 Å². The number of hydrogen-bond donors (Lipinski definition) is 1. The van der Waals surface area contributed by atoms with Gasteiger partial charge in [0.2, 0.25) is 0 Å². The normalized spacial score (nSPS) is 11.6. The zero-order valence-corrected chi connectivity index (χ0v) is 9.43. The lowest BCUT2D eigenvalue weighted by atomic mass is 9.97. The summed E-state index contributed by atoms with van der Waals surface area (Å²) >= 11 is 0. The van der Waals surface area contributed by atoms with Crippen molar-refractivity contribution in [3.8, 4) is 17.6 Å². The number of nitriles is 1. The molecule has 1 unspecified atom stereocenters. The Morgan fingerprint density at radius 3 is 2.50 bits per heavy atom. The molecule has 0 bridgehead atoms. The van der Waals surface area contributed by atoms with Gasteiger partial charge in [-0.1, -0.05) is 6.07 Å². The van der Waals surface area contributed by atoms with Crippen LogP contribution in [-0.2, 0) is 0 Å². The van der Waals surface area contributed by atoms with Gasteiger partial charge in [-0.2, -0.15) is 5.26 Å². The molecule has 0 heterocycles. The molecule has 1 atom stereocenters. The second-order valence-corrected chi connectivity index (χ2v) is 3.31. The molecule has 86 valence electrons. The van der Waals surface area contributed by atoms with Gasteiger partial charge in [-0.05, 0) is 24.1 Å². The van der Waals surface area contributed by atoms with Crippen molar-refractivity contribution in [3.63, 3.8) is 0 Å². The van der Waals surface area contributed by atoms with E-state index in [0.717, 1.165) is 5.56 Å². The van der Waals surface area contributed by atoms with Gasteiger partial charge in [0.1, 0.15) is 0 Å². The zero-order valence-electron chi connectivity index (χ0n) is 9.43. The maximum absolute atomic E-state index is 8.97. The van der Waals surface area contributed by atoms with E-state index in [9.17, 15) is 0 Å². The van der Waals surface area contributed by atoms with Crippen LogP contribution in [0.5, 0.6) is 11.5 Å². The van der Waals surface area contributed by atoms with E-state index in [-0.39, 0.29) is 12.5 Å². The first kappa shape index (κ1) is 12.3. The van der Waals surface area contributed by atoms with Crippen LogP contribution >= 0.6 is 0 Å². The minimum Gasteiger partial charge on any atom is -0.493 e. The van der Waals surface area contributed by atoms with Gasteiger partial charge in [0, 0.05) is 6.61 Å². The highest BCUT2D eigenvalue weighted by Gasteiger charge is 2.13. The molecule has 1 rings (SSSR count). The molecule has 16 heavy (non-hydrogen) atoms. The molecule has 1 aromatic rings. The molecular weight excluding hydrogens is 206 g/mol. The molecule has 4 heteroatoms. The average Bonchev–Trinajstić information content (AvgIpc) is 2.35. The first-order valence-electron chi connectivity index (χ1n) is 4.99. The maximum Gasteiger partial charge on any atom is 0.161 e. The Bertz CT molecular complexity index is 384. The number of aliphatic hydroxyl groups is 1. The van der Waals surface area contributed by atoms with E-state index < -0.39 is 0 Å². The smallest absolute Gasteiger partial charge is 0.161 e. The first-order chi connectivity index (χ1) is 7.76. The fraction of sp³-hybridized carbons (Fsp3) is 0.417. The van der Waals surface area contributed by atoms with E-state index in [1.807, 2.05) is 6.07 Å². The topological polar surface area (TPSA) is 62.5 Å². The third-order valence-electron chi connectivity index (χ3n) is 2.38. The molecule has 0 amide bonds. The molecule has 0 aliphatic heterocycles. The molecule has 0 spiro atoms. The van der Waals surface area contributed by atoms with E-state index in [2.05, 4.69) is 6.07 Å². The molecule has 0 radical (unpaired) electrons. The minimum atomic E-state index is -0.315. The average molecular weight is 221 g/mol. The maximum atomic E-state index is 8.97. The third kappa shape index (κ3) is 2.65.